The summed E-state index contributed by atoms with van der Waals surface area (Å²) in [6.45, 7) is 4.55. The summed E-state index contributed by atoms with van der Waals surface area (Å²) in [5.74, 6) is 2.37. The average Bonchev–Trinajstić information content (AvgIpc) is 2.66. The summed E-state index contributed by atoms with van der Waals surface area (Å²) >= 11 is 0. The van der Waals surface area contributed by atoms with Gasteiger partial charge in [0.2, 0.25) is 0 Å². The number of aliphatic hydroxyl groups excluding tert-OH is 1. The third-order valence-corrected chi connectivity index (χ3v) is 6.13. The van der Waals surface area contributed by atoms with Gasteiger partial charge in [-0.05, 0) is 61.1 Å². The van der Waals surface area contributed by atoms with Gasteiger partial charge in [0.05, 0.1) is 18.7 Å². The van der Waals surface area contributed by atoms with Crippen molar-refractivity contribution in [2.24, 2.45) is 11.8 Å². The van der Waals surface area contributed by atoms with E-state index in [0.29, 0.717) is 0 Å². The van der Waals surface area contributed by atoms with Crippen molar-refractivity contribution in [3.63, 3.8) is 0 Å². The van der Waals surface area contributed by atoms with E-state index in [0.717, 1.165) is 53.6 Å². The van der Waals surface area contributed by atoms with Crippen molar-refractivity contribution >= 4 is 10.9 Å². The summed E-state index contributed by atoms with van der Waals surface area (Å²) in [7, 11) is 1.67. The van der Waals surface area contributed by atoms with E-state index in [2.05, 4.69) is 16.8 Å². The summed E-state index contributed by atoms with van der Waals surface area (Å²) in [4.78, 5) is 6.94. The Kier molecular flexibility index (Phi) is 4.19. The highest BCUT2D eigenvalue weighted by Crippen LogP contribution is 2.42. The van der Waals surface area contributed by atoms with Crippen LogP contribution in [0.2, 0.25) is 0 Å². The van der Waals surface area contributed by atoms with Gasteiger partial charge in [0.25, 0.3) is 0 Å². The molecule has 5 rings (SSSR count). The largest absolute Gasteiger partial charge is 0.497 e. The number of hydrogen-bond donors (Lipinski definition) is 1. The first-order chi connectivity index (χ1) is 11.7. The van der Waals surface area contributed by atoms with Crippen molar-refractivity contribution in [3.05, 3.63) is 36.0 Å². The quantitative estimate of drug-likeness (QED) is 0.935. The van der Waals surface area contributed by atoms with Crippen molar-refractivity contribution in [1.82, 2.24) is 9.88 Å². The zero-order valence-electron chi connectivity index (χ0n) is 14.5. The highest BCUT2D eigenvalue weighted by Gasteiger charge is 2.42. The molecule has 0 radical (unpaired) electrons. The van der Waals surface area contributed by atoms with Crippen LogP contribution in [0.3, 0.4) is 0 Å². The molecule has 3 aliphatic rings. The van der Waals surface area contributed by atoms with E-state index < -0.39 is 6.10 Å². The third kappa shape index (κ3) is 2.58. The summed E-state index contributed by atoms with van der Waals surface area (Å²) in [5.41, 5.74) is 1.89. The number of aromatic nitrogens is 1. The van der Waals surface area contributed by atoms with Crippen LogP contribution in [0, 0.1) is 11.8 Å². The SMILES string of the molecule is CC[C@@H]1CN2CC[C@@H]1C[C@@H]2[C@H](O)c1ccnc2ccc(OC)cc12. The minimum atomic E-state index is -0.469. The second-order valence-electron chi connectivity index (χ2n) is 7.24. The summed E-state index contributed by atoms with van der Waals surface area (Å²) in [6, 6.07) is 8.07. The van der Waals surface area contributed by atoms with Crippen molar-refractivity contribution < 1.29 is 9.84 Å². The molecule has 4 heterocycles. The second kappa shape index (κ2) is 6.34. The Morgan fingerprint density at radius 2 is 2.25 bits per heavy atom. The molecule has 0 amide bonds. The number of fused-ring (bicyclic) bond motifs is 4. The molecule has 4 nitrogen and oxygen atoms in total. The first kappa shape index (κ1) is 15.9. The maximum absolute atomic E-state index is 11.2. The Bertz CT molecular complexity index is 733. The van der Waals surface area contributed by atoms with Gasteiger partial charge in [0, 0.05) is 24.2 Å². The number of rotatable bonds is 4. The van der Waals surface area contributed by atoms with E-state index in [9.17, 15) is 5.11 Å². The predicted octanol–water partition coefficient (Wildman–Crippen LogP) is 3.40. The molecule has 1 N–H and O–H groups in total. The van der Waals surface area contributed by atoms with E-state index in [1.807, 2.05) is 24.3 Å². The van der Waals surface area contributed by atoms with Crippen LogP contribution in [0.15, 0.2) is 30.5 Å². The normalized spacial score (nSPS) is 30.5. The lowest BCUT2D eigenvalue weighted by molar-refractivity contribution is -0.0562. The summed E-state index contributed by atoms with van der Waals surface area (Å²) < 4.78 is 5.36. The minimum Gasteiger partial charge on any atom is -0.497 e. The molecule has 5 atom stereocenters. The molecule has 0 spiro atoms. The molecule has 4 heteroatoms. The molecule has 0 saturated carbocycles. The topological polar surface area (TPSA) is 45.6 Å². The highest BCUT2D eigenvalue weighted by atomic mass is 16.5. The fourth-order valence-corrected chi connectivity index (χ4v) is 4.71. The molecular weight excluding hydrogens is 300 g/mol. The van der Waals surface area contributed by atoms with Crippen LogP contribution < -0.4 is 4.74 Å². The molecule has 1 aromatic heterocycles. The van der Waals surface area contributed by atoms with E-state index in [1.165, 1.54) is 12.8 Å². The van der Waals surface area contributed by atoms with Crippen LogP contribution >= 0.6 is 0 Å². The van der Waals surface area contributed by atoms with E-state index in [-0.39, 0.29) is 6.04 Å². The zero-order chi connectivity index (χ0) is 16.7. The first-order valence-electron chi connectivity index (χ1n) is 9.06. The van der Waals surface area contributed by atoms with Gasteiger partial charge in [-0.3, -0.25) is 9.88 Å². The minimum absolute atomic E-state index is 0.225. The predicted molar refractivity (Wildman–Crippen MR) is 95.1 cm³/mol. The monoisotopic (exact) mass is 326 g/mol. The Hall–Kier alpha value is -1.65. The van der Waals surface area contributed by atoms with Gasteiger partial charge in [-0.25, -0.2) is 0 Å². The fraction of sp³-hybridized carbons (Fsp3) is 0.550. The van der Waals surface area contributed by atoms with Crippen molar-refractivity contribution in [2.45, 2.75) is 38.3 Å². The van der Waals surface area contributed by atoms with Gasteiger partial charge >= 0.3 is 0 Å². The molecule has 24 heavy (non-hydrogen) atoms. The molecular formula is C20H26N2O2. The molecule has 128 valence electrons. The van der Waals surface area contributed by atoms with E-state index in [4.69, 9.17) is 4.74 Å². The van der Waals surface area contributed by atoms with Crippen LogP contribution in [0.4, 0.5) is 0 Å². The average molecular weight is 326 g/mol. The number of benzene rings is 1. The lowest BCUT2D eigenvalue weighted by atomic mass is 9.72. The van der Waals surface area contributed by atoms with Gasteiger partial charge < -0.3 is 9.84 Å². The maximum atomic E-state index is 11.2. The number of ether oxygens (including phenoxy) is 1. The van der Waals surface area contributed by atoms with Crippen LogP contribution in [0.1, 0.15) is 37.9 Å². The van der Waals surface area contributed by atoms with Gasteiger partial charge in [0.15, 0.2) is 0 Å². The Morgan fingerprint density at radius 1 is 1.38 bits per heavy atom. The van der Waals surface area contributed by atoms with Crippen LogP contribution in [0.25, 0.3) is 10.9 Å². The lowest BCUT2D eigenvalue weighted by Gasteiger charge is -2.51. The maximum Gasteiger partial charge on any atom is 0.119 e. The summed E-state index contributed by atoms with van der Waals surface area (Å²) in [6.07, 6.45) is 4.97. The molecule has 1 unspecified atom stereocenters. The molecule has 2 bridgehead atoms. The smallest absolute Gasteiger partial charge is 0.119 e. The lowest BCUT2D eigenvalue weighted by Crippen LogP contribution is -2.55. The van der Waals surface area contributed by atoms with Crippen molar-refractivity contribution in [3.8, 4) is 5.75 Å². The van der Waals surface area contributed by atoms with Gasteiger partial charge in [-0.1, -0.05) is 13.3 Å². The van der Waals surface area contributed by atoms with Gasteiger partial charge in [-0.15, -0.1) is 0 Å². The highest BCUT2D eigenvalue weighted by molar-refractivity contribution is 5.83. The number of pyridine rings is 1. The second-order valence-corrected chi connectivity index (χ2v) is 7.24. The number of hydrogen-bond acceptors (Lipinski definition) is 4. The Morgan fingerprint density at radius 3 is 2.96 bits per heavy atom. The van der Waals surface area contributed by atoms with Gasteiger partial charge in [-0.2, -0.15) is 0 Å². The summed E-state index contributed by atoms with van der Waals surface area (Å²) in [5, 5.41) is 12.2. The van der Waals surface area contributed by atoms with Crippen molar-refractivity contribution in [2.75, 3.05) is 20.2 Å². The molecule has 1 aromatic carbocycles. The number of nitrogens with zero attached hydrogens (tertiary/aromatic N) is 2. The third-order valence-electron chi connectivity index (χ3n) is 6.13. The van der Waals surface area contributed by atoms with E-state index in [1.54, 1.807) is 13.3 Å². The first-order valence-corrected chi connectivity index (χ1v) is 9.06. The van der Waals surface area contributed by atoms with Gasteiger partial charge in [0.1, 0.15) is 5.75 Å². The molecule has 0 aliphatic carbocycles. The van der Waals surface area contributed by atoms with E-state index >= 15 is 0 Å². The Labute approximate surface area is 143 Å². The molecule has 2 aromatic rings. The molecule has 3 fully saturated rings. The standard InChI is InChI=1S/C20H26N2O2/c1-3-13-12-22-9-7-14(13)10-19(22)20(23)16-6-8-21-18-5-4-15(24-2)11-17(16)18/h4-6,8,11,13-14,19-20,23H,3,7,9-10,12H2,1-2H3/t13-,14-,19-,20-/m1/s1. The zero-order valence-corrected chi connectivity index (χ0v) is 14.5. The number of methoxy groups -OCH3 is 1. The van der Waals surface area contributed by atoms with Crippen LogP contribution in [-0.2, 0) is 0 Å². The number of aliphatic hydroxyl groups is 1. The van der Waals surface area contributed by atoms with Crippen molar-refractivity contribution in [1.29, 1.82) is 0 Å². The molecule has 3 saturated heterocycles. The number of piperidine rings is 3. The fourth-order valence-electron chi connectivity index (χ4n) is 4.71. The van der Waals surface area contributed by atoms with Crippen LogP contribution in [-0.4, -0.2) is 41.2 Å². The molecule has 3 aliphatic heterocycles. The van der Waals surface area contributed by atoms with Crippen LogP contribution in [0.5, 0.6) is 5.75 Å². The Balaban J connectivity index is 1.68.